The highest BCUT2D eigenvalue weighted by molar-refractivity contribution is 7.19. The van der Waals surface area contributed by atoms with Crippen molar-refractivity contribution in [2.75, 3.05) is 24.5 Å². The number of rotatable bonds is 4. The van der Waals surface area contributed by atoms with E-state index in [1.807, 2.05) is 6.07 Å². The van der Waals surface area contributed by atoms with Crippen molar-refractivity contribution in [1.82, 2.24) is 15.2 Å². The summed E-state index contributed by atoms with van der Waals surface area (Å²) in [6, 6.07) is 6.45. The third-order valence-electron chi connectivity index (χ3n) is 7.35. The topological polar surface area (TPSA) is 103 Å². The second-order valence-electron chi connectivity index (χ2n) is 9.74. The number of halogens is 3. The molecule has 0 unspecified atom stereocenters. The third-order valence-corrected chi connectivity index (χ3v) is 8.49. The number of anilines is 1. The van der Waals surface area contributed by atoms with Crippen molar-refractivity contribution in [1.29, 1.82) is 0 Å². The SMILES string of the molecule is O=C1CCC(=O)N1Cc1cc2nccc(-c3cc(C(F)(F)F)cc4c3N([C@H]3CCNC3)CCC4)c2s1.O=CO. The number of aromatic nitrogens is 1. The number of nitrogens with one attached hydrogen (secondary N) is 1. The van der Waals surface area contributed by atoms with E-state index in [1.165, 1.54) is 28.4 Å². The maximum Gasteiger partial charge on any atom is 0.416 e. The van der Waals surface area contributed by atoms with E-state index < -0.39 is 11.7 Å². The standard InChI is InChI=1S/C26H25F3N4O2S.CH2O2/c27-26(28,29)16-10-15-2-1-9-32(17-5-7-30-13-17)24(15)20(11-16)19-6-8-31-21-12-18(36-25(19)21)14-33-22(34)3-4-23(33)35;2-1-3/h6,8,10-12,17,30H,1-5,7,9,13-14H2;1H,(H,2,3)/t17-;/m0./s1. The molecule has 1 aromatic carbocycles. The van der Waals surface area contributed by atoms with E-state index in [2.05, 4.69) is 15.2 Å². The molecule has 6 rings (SSSR count). The van der Waals surface area contributed by atoms with Gasteiger partial charge in [0.15, 0.2) is 0 Å². The van der Waals surface area contributed by atoms with E-state index in [-0.39, 0.29) is 43.7 Å². The third kappa shape index (κ3) is 5.35. The number of nitrogens with zero attached hydrogens (tertiary/aromatic N) is 3. The number of pyridine rings is 1. The molecular formula is C27H27F3N4O4S. The minimum atomic E-state index is -4.45. The summed E-state index contributed by atoms with van der Waals surface area (Å²) in [5.74, 6) is -0.392. The number of alkyl halides is 3. The molecule has 39 heavy (non-hydrogen) atoms. The Hall–Kier alpha value is -3.51. The van der Waals surface area contributed by atoms with Crippen molar-refractivity contribution >= 4 is 45.5 Å². The van der Waals surface area contributed by atoms with E-state index >= 15 is 0 Å². The molecule has 3 aliphatic heterocycles. The molecule has 0 bridgehead atoms. The van der Waals surface area contributed by atoms with Crippen molar-refractivity contribution < 1.29 is 32.7 Å². The maximum absolute atomic E-state index is 14.0. The Bertz CT molecular complexity index is 1400. The predicted molar refractivity (Wildman–Crippen MR) is 140 cm³/mol. The van der Waals surface area contributed by atoms with E-state index in [0.717, 1.165) is 53.3 Å². The molecule has 2 saturated heterocycles. The number of carbonyl (C=O) groups excluding carboxylic acids is 2. The lowest BCUT2D eigenvalue weighted by atomic mass is 9.90. The van der Waals surface area contributed by atoms with Crippen LogP contribution < -0.4 is 10.2 Å². The molecule has 2 amide bonds. The zero-order valence-electron chi connectivity index (χ0n) is 21.0. The summed E-state index contributed by atoms with van der Waals surface area (Å²) < 4.78 is 42.7. The zero-order valence-corrected chi connectivity index (χ0v) is 21.8. The van der Waals surface area contributed by atoms with Gasteiger partial charge in [0.05, 0.1) is 22.3 Å². The number of carbonyl (C=O) groups is 3. The van der Waals surface area contributed by atoms with Crippen LogP contribution in [0, 0.1) is 0 Å². The number of imide groups is 1. The Balaban J connectivity index is 0.000000983. The first kappa shape index (κ1) is 27.1. The van der Waals surface area contributed by atoms with E-state index in [0.29, 0.717) is 23.1 Å². The van der Waals surface area contributed by atoms with Crippen LogP contribution in [0.3, 0.4) is 0 Å². The number of benzene rings is 1. The first-order valence-electron chi connectivity index (χ1n) is 12.7. The average molecular weight is 561 g/mol. The van der Waals surface area contributed by atoms with Gasteiger partial charge in [-0.25, -0.2) is 0 Å². The van der Waals surface area contributed by atoms with Crippen molar-refractivity contribution in [3.63, 3.8) is 0 Å². The van der Waals surface area contributed by atoms with Crippen LogP contribution in [0.15, 0.2) is 30.5 Å². The molecule has 5 heterocycles. The Morgan fingerprint density at radius 3 is 2.54 bits per heavy atom. The van der Waals surface area contributed by atoms with Crippen LogP contribution >= 0.6 is 11.3 Å². The van der Waals surface area contributed by atoms with Gasteiger partial charge in [-0.1, -0.05) is 0 Å². The molecule has 12 heteroatoms. The van der Waals surface area contributed by atoms with Crippen molar-refractivity contribution in [2.45, 2.75) is 50.9 Å². The lowest BCUT2D eigenvalue weighted by Gasteiger charge is -2.38. The highest BCUT2D eigenvalue weighted by Crippen LogP contribution is 2.46. The Morgan fingerprint density at radius 1 is 1.13 bits per heavy atom. The summed E-state index contributed by atoms with van der Waals surface area (Å²) in [5, 5.41) is 10.3. The van der Waals surface area contributed by atoms with Gasteiger partial charge in [0.2, 0.25) is 11.8 Å². The Labute approximate surface area is 226 Å². The van der Waals surface area contributed by atoms with Gasteiger partial charge < -0.3 is 15.3 Å². The first-order chi connectivity index (χ1) is 18.7. The molecule has 1 atom stereocenters. The van der Waals surface area contributed by atoms with Gasteiger partial charge in [0.1, 0.15) is 0 Å². The van der Waals surface area contributed by atoms with Crippen LogP contribution in [0.1, 0.15) is 41.7 Å². The number of hydrogen-bond acceptors (Lipinski definition) is 7. The monoisotopic (exact) mass is 560 g/mol. The van der Waals surface area contributed by atoms with Crippen LogP contribution in [0.4, 0.5) is 18.9 Å². The second-order valence-corrected chi connectivity index (χ2v) is 10.9. The first-order valence-corrected chi connectivity index (χ1v) is 13.5. The van der Waals surface area contributed by atoms with Crippen LogP contribution in [-0.4, -0.2) is 59.0 Å². The summed E-state index contributed by atoms with van der Waals surface area (Å²) in [4.78, 5) is 41.4. The number of hydrogen-bond donors (Lipinski definition) is 2. The summed E-state index contributed by atoms with van der Waals surface area (Å²) in [7, 11) is 0. The van der Waals surface area contributed by atoms with Gasteiger partial charge in [-0.15, -0.1) is 11.3 Å². The molecule has 2 N–H and O–H groups in total. The Morgan fingerprint density at radius 2 is 1.87 bits per heavy atom. The van der Waals surface area contributed by atoms with Gasteiger partial charge in [-0.3, -0.25) is 24.3 Å². The summed E-state index contributed by atoms with van der Waals surface area (Å²) in [6.07, 6.45) is -0.0257. The lowest BCUT2D eigenvalue weighted by molar-refractivity contribution is -0.139. The number of carboxylic acid groups (broad SMARTS) is 1. The second kappa shape index (κ2) is 10.9. The Kier molecular flexibility index (Phi) is 7.59. The van der Waals surface area contributed by atoms with Crippen LogP contribution in [-0.2, 0) is 33.5 Å². The van der Waals surface area contributed by atoms with E-state index in [1.54, 1.807) is 12.3 Å². The van der Waals surface area contributed by atoms with Gasteiger partial charge in [0.25, 0.3) is 6.47 Å². The van der Waals surface area contributed by atoms with Gasteiger partial charge >= 0.3 is 6.18 Å². The fourth-order valence-electron chi connectivity index (χ4n) is 5.65. The van der Waals surface area contributed by atoms with Crippen molar-refractivity contribution in [3.8, 4) is 11.1 Å². The number of aryl methyl sites for hydroxylation is 1. The molecule has 206 valence electrons. The largest absolute Gasteiger partial charge is 0.483 e. The lowest BCUT2D eigenvalue weighted by Crippen LogP contribution is -2.40. The molecule has 2 fully saturated rings. The highest BCUT2D eigenvalue weighted by Gasteiger charge is 2.36. The highest BCUT2D eigenvalue weighted by atomic mass is 32.1. The van der Waals surface area contributed by atoms with Gasteiger partial charge in [-0.05, 0) is 55.6 Å². The molecule has 2 aromatic heterocycles. The summed E-state index contributed by atoms with van der Waals surface area (Å²) in [5.41, 5.74) is 2.90. The summed E-state index contributed by atoms with van der Waals surface area (Å²) in [6.45, 7) is 2.43. The molecular weight excluding hydrogens is 533 g/mol. The number of fused-ring (bicyclic) bond motifs is 2. The van der Waals surface area contributed by atoms with Crippen molar-refractivity contribution in [3.05, 3.63) is 46.5 Å². The fraction of sp³-hybridized carbons (Fsp3) is 0.407. The molecule has 8 nitrogen and oxygen atoms in total. The molecule has 0 radical (unpaired) electrons. The fourth-order valence-corrected chi connectivity index (χ4v) is 6.78. The minimum absolute atomic E-state index is 0.165. The van der Waals surface area contributed by atoms with Crippen LogP contribution in [0.5, 0.6) is 0 Å². The predicted octanol–water partition coefficient (Wildman–Crippen LogP) is 4.45. The normalized spacial score (nSPS) is 19.3. The van der Waals surface area contributed by atoms with E-state index in [9.17, 15) is 22.8 Å². The number of amides is 2. The number of likely N-dealkylation sites (tertiary alicyclic amines) is 1. The van der Waals surface area contributed by atoms with Crippen molar-refractivity contribution in [2.24, 2.45) is 0 Å². The molecule has 0 aliphatic carbocycles. The molecule has 0 spiro atoms. The van der Waals surface area contributed by atoms with Gasteiger partial charge in [0, 0.05) is 59.9 Å². The molecule has 3 aliphatic rings. The molecule has 3 aromatic rings. The zero-order chi connectivity index (χ0) is 27.7. The number of thiophene rings is 1. The molecule has 0 saturated carbocycles. The quantitative estimate of drug-likeness (QED) is 0.359. The van der Waals surface area contributed by atoms with Crippen LogP contribution in [0.25, 0.3) is 21.3 Å². The maximum atomic E-state index is 14.0. The van der Waals surface area contributed by atoms with Crippen LogP contribution in [0.2, 0.25) is 0 Å². The minimum Gasteiger partial charge on any atom is -0.483 e. The van der Waals surface area contributed by atoms with E-state index in [4.69, 9.17) is 9.90 Å². The smallest absolute Gasteiger partial charge is 0.416 e. The average Bonchev–Trinajstić information content (AvgIpc) is 3.65. The summed E-state index contributed by atoms with van der Waals surface area (Å²) >= 11 is 1.39. The van der Waals surface area contributed by atoms with Gasteiger partial charge in [-0.2, -0.15) is 13.2 Å².